The smallest absolute Gasteiger partial charge is 0.256 e. The number of hydrogen-bond acceptors (Lipinski definition) is 4. The molecule has 0 bridgehead atoms. The molecule has 3 aromatic rings. The van der Waals surface area contributed by atoms with Crippen LogP contribution in [0, 0.1) is 0 Å². The molecule has 7 heteroatoms. The molecule has 1 aromatic heterocycles. The predicted molar refractivity (Wildman–Crippen MR) is 114 cm³/mol. The maximum absolute atomic E-state index is 12.2. The third-order valence-corrected chi connectivity index (χ3v) is 4.48. The van der Waals surface area contributed by atoms with Gasteiger partial charge in [-0.05, 0) is 36.2 Å². The number of imidazole rings is 1. The van der Waals surface area contributed by atoms with Gasteiger partial charge in [-0.2, -0.15) is 0 Å². The number of carbonyl (C=O) groups excluding carboxylic acids is 1. The van der Waals surface area contributed by atoms with E-state index in [9.17, 15) is 4.79 Å². The van der Waals surface area contributed by atoms with Crippen molar-refractivity contribution < 1.29 is 4.79 Å². The zero-order chi connectivity index (χ0) is 19.8. The zero-order valence-electron chi connectivity index (χ0n) is 15.6. The first-order valence-electron chi connectivity index (χ1n) is 9.09. The number of aromatic nitrogens is 2. The van der Waals surface area contributed by atoms with Crippen LogP contribution < -0.4 is 10.6 Å². The van der Waals surface area contributed by atoms with Crippen molar-refractivity contribution in [3.63, 3.8) is 0 Å². The van der Waals surface area contributed by atoms with E-state index in [1.807, 2.05) is 18.3 Å². The molecule has 3 N–H and O–H groups in total. The van der Waals surface area contributed by atoms with Crippen molar-refractivity contribution in [1.29, 1.82) is 0 Å². The first-order valence-corrected chi connectivity index (χ1v) is 9.47. The van der Waals surface area contributed by atoms with Gasteiger partial charge in [0.05, 0.1) is 24.0 Å². The molecule has 2 aromatic carbocycles. The predicted octanol–water partition coefficient (Wildman–Crippen LogP) is 4.37. The van der Waals surface area contributed by atoms with E-state index in [1.54, 1.807) is 30.6 Å². The molecule has 6 nitrogen and oxygen atoms in total. The van der Waals surface area contributed by atoms with Gasteiger partial charge in [0.25, 0.3) is 5.91 Å². The van der Waals surface area contributed by atoms with Crippen LogP contribution in [0.5, 0.6) is 0 Å². The summed E-state index contributed by atoms with van der Waals surface area (Å²) in [6, 6.07) is 12.7. The lowest BCUT2D eigenvalue weighted by Gasteiger charge is -2.13. The van der Waals surface area contributed by atoms with Crippen molar-refractivity contribution in [3.8, 4) is 0 Å². The minimum atomic E-state index is -0.258. The number of aliphatic imine (C=N–C) groups is 1. The number of amides is 1. The molecule has 1 amide bonds. The maximum Gasteiger partial charge on any atom is 0.256 e. The molecule has 0 atom stereocenters. The number of aryl methyl sites for hydroxylation is 1. The Morgan fingerprint density at radius 3 is 2.89 bits per heavy atom. The second kappa shape index (κ2) is 9.71. The van der Waals surface area contributed by atoms with Crippen LogP contribution in [0.25, 0.3) is 0 Å². The summed E-state index contributed by atoms with van der Waals surface area (Å²) in [7, 11) is 0. The highest BCUT2D eigenvalue weighted by atomic mass is 35.5. The molecule has 3 rings (SSSR count). The molecule has 0 aliphatic carbocycles. The molecule has 28 heavy (non-hydrogen) atoms. The molecule has 1 heterocycles. The highest BCUT2D eigenvalue weighted by Gasteiger charge is 2.07. The lowest BCUT2D eigenvalue weighted by Crippen LogP contribution is -2.21. The number of nitrogens with zero attached hydrogens (tertiary/aromatic N) is 2. The minimum Gasteiger partial charge on any atom is -0.383 e. The summed E-state index contributed by atoms with van der Waals surface area (Å²) < 4.78 is 0. The maximum atomic E-state index is 12.2. The summed E-state index contributed by atoms with van der Waals surface area (Å²) in [5, 5.41) is 6.66. The Morgan fingerprint density at radius 2 is 2.14 bits per heavy atom. The van der Waals surface area contributed by atoms with Crippen molar-refractivity contribution in [1.82, 2.24) is 15.3 Å². The van der Waals surface area contributed by atoms with Gasteiger partial charge < -0.3 is 15.6 Å². The monoisotopic (exact) mass is 395 g/mol. The fourth-order valence-electron chi connectivity index (χ4n) is 2.81. The molecular formula is C21H22ClN5O. The van der Waals surface area contributed by atoms with Crippen LogP contribution in [0.3, 0.4) is 0 Å². The van der Waals surface area contributed by atoms with Crippen LogP contribution in [0.2, 0.25) is 5.02 Å². The van der Waals surface area contributed by atoms with E-state index in [0.29, 0.717) is 10.6 Å². The number of nitrogens with one attached hydrogen (secondary N) is 3. The van der Waals surface area contributed by atoms with Gasteiger partial charge in [-0.25, -0.2) is 9.98 Å². The van der Waals surface area contributed by atoms with Gasteiger partial charge in [-0.1, -0.05) is 36.7 Å². The third kappa shape index (κ3) is 5.20. The molecule has 144 valence electrons. The highest BCUT2D eigenvalue weighted by Crippen LogP contribution is 2.29. The molecule has 0 saturated carbocycles. The summed E-state index contributed by atoms with van der Waals surface area (Å²) in [5.41, 5.74) is 4.47. The summed E-state index contributed by atoms with van der Waals surface area (Å²) in [4.78, 5) is 23.8. The van der Waals surface area contributed by atoms with Crippen molar-refractivity contribution >= 4 is 35.2 Å². The number of halogens is 1. The molecule has 0 aliphatic rings. The Morgan fingerprint density at radius 1 is 1.29 bits per heavy atom. The van der Waals surface area contributed by atoms with E-state index in [-0.39, 0.29) is 5.91 Å². The Bertz CT molecular complexity index is 953. The van der Waals surface area contributed by atoms with Crippen molar-refractivity contribution in [2.45, 2.75) is 19.8 Å². The van der Waals surface area contributed by atoms with Gasteiger partial charge in [-0.3, -0.25) is 4.79 Å². The van der Waals surface area contributed by atoms with E-state index in [4.69, 9.17) is 11.6 Å². The van der Waals surface area contributed by atoms with Gasteiger partial charge >= 0.3 is 0 Å². The third-order valence-electron chi connectivity index (χ3n) is 4.25. The van der Waals surface area contributed by atoms with Crippen molar-refractivity contribution in [2.24, 2.45) is 4.99 Å². The number of aromatic amines is 1. The van der Waals surface area contributed by atoms with E-state index >= 15 is 0 Å². The first kappa shape index (κ1) is 19.6. The lowest BCUT2D eigenvalue weighted by atomic mass is 10.1. The van der Waals surface area contributed by atoms with Gasteiger partial charge in [0.2, 0.25) is 0 Å². The number of anilines is 1. The average molecular weight is 396 g/mol. The summed E-state index contributed by atoms with van der Waals surface area (Å²) >= 11 is 5.93. The summed E-state index contributed by atoms with van der Waals surface area (Å²) in [5.74, 6) is -0.258. The second-order valence-corrected chi connectivity index (χ2v) is 6.60. The number of hydrogen-bond donors (Lipinski definition) is 3. The summed E-state index contributed by atoms with van der Waals surface area (Å²) in [6.45, 7) is 2.85. The zero-order valence-corrected chi connectivity index (χ0v) is 16.3. The topological polar surface area (TPSA) is 82.2 Å². The second-order valence-electron chi connectivity index (χ2n) is 6.16. The standard InChI is InChI=1S/C21H22ClN5O/c1-2-15-5-4-8-19(20(15)24-10-9-18-12-23-13-25-18)26-14-27-21(28)16-6-3-7-17(22)11-16/h3-8,11-14,24H,2,9-10H2,1H3,(H,23,25)(H,26,27,28). The number of benzene rings is 2. The highest BCUT2D eigenvalue weighted by molar-refractivity contribution is 6.31. The van der Waals surface area contributed by atoms with E-state index in [1.165, 1.54) is 11.9 Å². The van der Waals surface area contributed by atoms with Crippen LogP contribution in [0.15, 0.2) is 60.0 Å². The Kier molecular flexibility index (Phi) is 6.81. The molecule has 0 unspecified atom stereocenters. The van der Waals surface area contributed by atoms with Crippen LogP contribution in [-0.4, -0.2) is 28.8 Å². The Balaban J connectivity index is 1.68. The van der Waals surface area contributed by atoms with Crippen LogP contribution in [0.4, 0.5) is 11.4 Å². The van der Waals surface area contributed by atoms with Crippen molar-refractivity contribution in [2.75, 3.05) is 11.9 Å². The van der Waals surface area contributed by atoms with Crippen LogP contribution >= 0.6 is 11.6 Å². The molecule has 0 fully saturated rings. The Hall–Kier alpha value is -3.12. The van der Waals surface area contributed by atoms with Crippen LogP contribution in [-0.2, 0) is 12.8 Å². The number of carbonyl (C=O) groups is 1. The van der Waals surface area contributed by atoms with Gasteiger partial charge in [-0.15, -0.1) is 0 Å². The fourth-order valence-corrected chi connectivity index (χ4v) is 3.00. The minimum absolute atomic E-state index is 0.258. The molecule has 0 radical (unpaired) electrons. The molecule has 0 aliphatic heterocycles. The molecule has 0 saturated heterocycles. The quantitative estimate of drug-likeness (QED) is 0.391. The number of para-hydroxylation sites is 1. The summed E-state index contributed by atoms with van der Waals surface area (Å²) in [6.07, 6.45) is 6.61. The fraction of sp³-hybridized carbons (Fsp3) is 0.190. The van der Waals surface area contributed by atoms with Gasteiger partial charge in [0, 0.05) is 35.4 Å². The number of H-pyrrole nitrogens is 1. The Labute approximate surface area is 169 Å². The van der Waals surface area contributed by atoms with Gasteiger partial charge in [0.1, 0.15) is 0 Å². The van der Waals surface area contributed by atoms with Gasteiger partial charge in [0.15, 0.2) is 0 Å². The lowest BCUT2D eigenvalue weighted by molar-refractivity contribution is 0.0978. The van der Waals surface area contributed by atoms with E-state index < -0.39 is 0 Å². The first-order chi connectivity index (χ1) is 13.7. The molecular weight excluding hydrogens is 374 g/mol. The normalized spacial score (nSPS) is 10.9. The van der Waals surface area contributed by atoms with E-state index in [2.05, 4.69) is 38.6 Å². The van der Waals surface area contributed by atoms with Crippen LogP contribution in [0.1, 0.15) is 28.5 Å². The number of rotatable bonds is 8. The SMILES string of the molecule is CCc1cccc(N=CNC(=O)c2cccc(Cl)c2)c1NCCc1cnc[nH]1. The van der Waals surface area contributed by atoms with Crippen molar-refractivity contribution in [3.05, 3.63) is 76.8 Å². The molecule has 0 spiro atoms. The average Bonchev–Trinajstić information content (AvgIpc) is 3.22. The largest absolute Gasteiger partial charge is 0.383 e. The van der Waals surface area contributed by atoms with E-state index in [0.717, 1.165) is 36.5 Å².